The number of benzene rings is 2. The van der Waals surface area contributed by atoms with E-state index < -0.39 is 5.97 Å². The fourth-order valence-electron chi connectivity index (χ4n) is 2.35. The van der Waals surface area contributed by atoms with Gasteiger partial charge in [-0.05, 0) is 49.8 Å². The summed E-state index contributed by atoms with van der Waals surface area (Å²) in [4.78, 5) is 16.3. The van der Waals surface area contributed by atoms with Gasteiger partial charge in [0, 0.05) is 10.0 Å². The van der Waals surface area contributed by atoms with Crippen molar-refractivity contribution in [1.29, 1.82) is 0 Å². The summed E-state index contributed by atoms with van der Waals surface area (Å²) in [6.45, 7) is 4.01. The summed E-state index contributed by atoms with van der Waals surface area (Å²) in [5, 5.41) is 0. The number of ether oxygens (including phenoxy) is 1. The van der Waals surface area contributed by atoms with E-state index in [2.05, 4.69) is 27.0 Å². The molecular weight excluding hydrogens is 342 g/mol. The minimum atomic E-state index is -0.419. The summed E-state index contributed by atoms with van der Waals surface area (Å²) in [6.07, 6.45) is 1.73. The van der Waals surface area contributed by atoms with E-state index in [0.29, 0.717) is 11.6 Å². The molecule has 0 N–H and O–H groups in total. The minimum Gasteiger partial charge on any atom is -0.402 e. The molecule has 4 heteroatoms. The Kier molecular flexibility index (Phi) is 3.94. The molecule has 22 heavy (non-hydrogen) atoms. The molecule has 0 spiro atoms. The van der Waals surface area contributed by atoms with Crippen LogP contribution in [0.1, 0.15) is 22.3 Å². The number of aliphatic imine (C=N–C) groups is 1. The quantitative estimate of drug-likeness (QED) is 0.591. The van der Waals surface area contributed by atoms with Crippen molar-refractivity contribution in [3.8, 4) is 0 Å². The molecule has 0 atom stereocenters. The fourth-order valence-corrected chi connectivity index (χ4v) is 2.61. The molecule has 0 fully saturated rings. The maximum absolute atomic E-state index is 12.0. The topological polar surface area (TPSA) is 38.7 Å². The molecule has 1 aliphatic rings. The number of carbonyl (C=O) groups is 1. The monoisotopic (exact) mass is 355 g/mol. The highest BCUT2D eigenvalue weighted by atomic mass is 79.9. The Bertz CT molecular complexity index is 784. The van der Waals surface area contributed by atoms with Crippen LogP contribution < -0.4 is 0 Å². The van der Waals surface area contributed by atoms with Crippen molar-refractivity contribution in [3.05, 3.63) is 74.9 Å². The number of halogens is 1. The Labute approximate surface area is 137 Å². The van der Waals surface area contributed by atoms with Crippen molar-refractivity contribution in [2.45, 2.75) is 13.8 Å². The van der Waals surface area contributed by atoms with E-state index in [1.807, 2.05) is 50.2 Å². The van der Waals surface area contributed by atoms with Crippen LogP contribution >= 0.6 is 15.9 Å². The fraction of sp³-hybridized carbons (Fsp3) is 0.111. The highest BCUT2D eigenvalue weighted by Gasteiger charge is 2.24. The average molecular weight is 356 g/mol. The summed E-state index contributed by atoms with van der Waals surface area (Å²) < 4.78 is 6.29. The molecule has 0 saturated carbocycles. The molecule has 0 amide bonds. The van der Waals surface area contributed by atoms with Gasteiger partial charge in [-0.25, -0.2) is 9.79 Å². The Morgan fingerprint density at radius 2 is 1.68 bits per heavy atom. The number of cyclic esters (lactones) is 1. The van der Waals surface area contributed by atoms with Crippen molar-refractivity contribution in [2.24, 2.45) is 4.99 Å². The third-order valence-electron chi connectivity index (χ3n) is 3.26. The zero-order chi connectivity index (χ0) is 15.7. The molecule has 0 radical (unpaired) electrons. The second-order valence-electron chi connectivity index (χ2n) is 5.26. The largest absolute Gasteiger partial charge is 0.402 e. The molecule has 0 unspecified atom stereocenters. The molecule has 0 bridgehead atoms. The first-order valence-electron chi connectivity index (χ1n) is 6.88. The normalized spacial score (nSPS) is 15.9. The summed E-state index contributed by atoms with van der Waals surface area (Å²) in [5.74, 6) is -0.0581. The summed E-state index contributed by atoms with van der Waals surface area (Å²) in [5.41, 5.74) is 4.26. The third kappa shape index (κ3) is 3.17. The number of carbonyl (C=O) groups excluding carboxylic acids is 1. The summed E-state index contributed by atoms with van der Waals surface area (Å²) in [6, 6.07) is 13.6. The molecule has 3 nitrogen and oxygen atoms in total. The van der Waals surface area contributed by atoms with Crippen LogP contribution in [-0.2, 0) is 9.53 Å². The second kappa shape index (κ2) is 5.89. The van der Waals surface area contributed by atoms with E-state index in [0.717, 1.165) is 26.7 Å². The summed E-state index contributed by atoms with van der Waals surface area (Å²) in [7, 11) is 0. The minimum absolute atomic E-state index is 0.316. The highest BCUT2D eigenvalue weighted by Crippen LogP contribution is 2.21. The number of hydrogen-bond acceptors (Lipinski definition) is 3. The van der Waals surface area contributed by atoms with E-state index in [1.165, 1.54) is 0 Å². The van der Waals surface area contributed by atoms with Gasteiger partial charge in [0.1, 0.15) is 0 Å². The van der Waals surface area contributed by atoms with Crippen LogP contribution in [0.5, 0.6) is 0 Å². The standard InChI is InChI=1S/C18H14BrNO2/c1-11-7-12(2)9-14(8-11)17-20-16(18(21)22-17)10-13-3-5-15(19)6-4-13/h3-10H,1-2H3/b16-10+. The first-order valence-corrected chi connectivity index (χ1v) is 7.67. The molecule has 2 aromatic carbocycles. The van der Waals surface area contributed by atoms with Gasteiger partial charge in [-0.2, -0.15) is 0 Å². The molecule has 0 aromatic heterocycles. The molecule has 1 heterocycles. The second-order valence-corrected chi connectivity index (χ2v) is 6.18. The van der Waals surface area contributed by atoms with E-state index in [9.17, 15) is 4.79 Å². The van der Waals surface area contributed by atoms with Crippen LogP contribution in [0, 0.1) is 13.8 Å². The lowest BCUT2D eigenvalue weighted by atomic mass is 10.1. The lowest BCUT2D eigenvalue weighted by Crippen LogP contribution is -2.05. The van der Waals surface area contributed by atoms with E-state index in [4.69, 9.17) is 4.74 Å². The maximum atomic E-state index is 12.0. The van der Waals surface area contributed by atoms with E-state index in [-0.39, 0.29) is 0 Å². The van der Waals surface area contributed by atoms with Crippen molar-refractivity contribution < 1.29 is 9.53 Å². The lowest BCUT2D eigenvalue weighted by Gasteiger charge is -2.03. The number of esters is 1. The lowest BCUT2D eigenvalue weighted by molar-refractivity contribution is -0.129. The molecule has 1 aliphatic heterocycles. The molecule has 110 valence electrons. The van der Waals surface area contributed by atoms with Gasteiger partial charge in [0.2, 0.25) is 5.90 Å². The van der Waals surface area contributed by atoms with Crippen LogP contribution in [-0.4, -0.2) is 11.9 Å². The number of rotatable bonds is 2. The Morgan fingerprint density at radius 1 is 1.05 bits per heavy atom. The number of nitrogens with zero attached hydrogens (tertiary/aromatic N) is 1. The Hall–Kier alpha value is -2.20. The van der Waals surface area contributed by atoms with Crippen molar-refractivity contribution in [1.82, 2.24) is 0 Å². The summed E-state index contributed by atoms with van der Waals surface area (Å²) >= 11 is 3.38. The number of aryl methyl sites for hydroxylation is 2. The number of hydrogen-bond donors (Lipinski definition) is 0. The van der Waals surface area contributed by atoms with E-state index in [1.54, 1.807) is 6.08 Å². The maximum Gasteiger partial charge on any atom is 0.363 e. The Balaban J connectivity index is 1.95. The molecule has 0 aliphatic carbocycles. The van der Waals surface area contributed by atoms with Crippen LogP contribution in [0.25, 0.3) is 6.08 Å². The zero-order valence-electron chi connectivity index (χ0n) is 12.3. The zero-order valence-corrected chi connectivity index (χ0v) is 13.8. The van der Waals surface area contributed by atoms with Gasteiger partial charge >= 0.3 is 5.97 Å². The molecule has 3 rings (SSSR count). The van der Waals surface area contributed by atoms with Gasteiger partial charge in [-0.1, -0.05) is 45.3 Å². The van der Waals surface area contributed by atoms with Gasteiger partial charge < -0.3 is 4.74 Å². The predicted molar refractivity (Wildman–Crippen MR) is 90.7 cm³/mol. The highest BCUT2D eigenvalue weighted by molar-refractivity contribution is 9.10. The van der Waals surface area contributed by atoms with Crippen molar-refractivity contribution >= 4 is 33.9 Å². The Morgan fingerprint density at radius 3 is 2.32 bits per heavy atom. The molecule has 0 saturated heterocycles. The van der Waals surface area contributed by atoms with Gasteiger partial charge in [-0.3, -0.25) is 0 Å². The van der Waals surface area contributed by atoms with Crippen LogP contribution in [0.3, 0.4) is 0 Å². The van der Waals surface area contributed by atoms with Crippen LogP contribution in [0.15, 0.2) is 57.6 Å². The van der Waals surface area contributed by atoms with Gasteiger partial charge in [0.25, 0.3) is 0 Å². The van der Waals surface area contributed by atoms with E-state index >= 15 is 0 Å². The SMILES string of the molecule is Cc1cc(C)cc(C2=N/C(=C/c3ccc(Br)cc3)C(=O)O2)c1. The molecular formula is C18H14BrNO2. The third-order valence-corrected chi connectivity index (χ3v) is 3.79. The smallest absolute Gasteiger partial charge is 0.363 e. The van der Waals surface area contributed by atoms with Gasteiger partial charge in [0.05, 0.1) is 0 Å². The first kappa shape index (κ1) is 14.7. The predicted octanol–water partition coefficient (Wildman–Crippen LogP) is 4.41. The van der Waals surface area contributed by atoms with Crippen molar-refractivity contribution in [2.75, 3.05) is 0 Å². The van der Waals surface area contributed by atoms with Gasteiger partial charge in [-0.15, -0.1) is 0 Å². The van der Waals surface area contributed by atoms with Crippen LogP contribution in [0.4, 0.5) is 0 Å². The molecule has 2 aromatic rings. The average Bonchev–Trinajstić information content (AvgIpc) is 2.82. The first-order chi connectivity index (χ1) is 10.5. The van der Waals surface area contributed by atoms with Crippen molar-refractivity contribution in [3.63, 3.8) is 0 Å². The van der Waals surface area contributed by atoms with Crippen LogP contribution in [0.2, 0.25) is 0 Å². The van der Waals surface area contributed by atoms with Gasteiger partial charge in [0.15, 0.2) is 5.70 Å².